The second kappa shape index (κ2) is 8.05. The van der Waals surface area contributed by atoms with E-state index >= 15 is 0 Å². The molecule has 1 nitrogen and oxygen atoms in total. The molecule has 2 heteroatoms. The third-order valence-electron chi connectivity index (χ3n) is 4.78. The molecule has 0 heterocycles. The van der Waals surface area contributed by atoms with Gasteiger partial charge in [-0.2, -0.15) is 0 Å². The smallest absolute Gasteiger partial charge is 0.0406 e. The van der Waals surface area contributed by atoms with Crippen molar-refractivity contribution >= 4 is 11.6 Å². The predicted octanol–water partition coefficient (Wildman–Crippen LogP) is 5.22. The predicted molar refractivity (Wildman–Crippen MR) is 88.5 cm³/mol. The number of hydrogen-bond acceptors (Lipinski definition) is 1. The van der Waals surface area contributed by atoms with Gasteiger partial charge in [0.25, 0.3) is 0 Å². The second-order valence-corrected chi connectivity index (χ2v) is 6.77. The normalized spacial score (nSPS) is 17.5. The standard InChI is InChI=1S/C18H28ClN/c1-2-14-20-15-13-18(10-3-4-11-18)12-9-16-5-7-17(19)8-6-16/h5-8,20H,2-4,9-15H2,1H3. The van der Waals surface area contributed by atoms with E-state index in [-0.39, 0.29) is 0 Å². The van der Waals surface area contributed by atoms with Crippen LogP contribution in [0.25, 0.3) is 0 Å². The van der Waals surface area contributed by atoms with Crippen LogP contribution >= 0.6 is 11.6 Å². The Labute approximate surface area is 129 Å². The zero-order chi connectivity index (χ0) is 14.3. The van der Waals surface area contributed by atoms with Gasteiger partial charge in [-0.15, -0.1) is 0 Å². The van der Waals surface area contributed by atoms with Crippen LogP contribution in [0.2, 0.25) is 5.02 Å². The lowest BCUT2D eigenvalue weighted by Crippen LogP contribution is -2.25. The summed E-state index contributed by atoms with van der Waals surface area (Å²) in [5, 5.41) is 4.42. The lowest BCUT2D eigenvalue weighted by Gasteiger charge is -2.29. The van der Waals surface area contributed by atoms with Crippen molar-refractivity contribution in [3.63, 3.8) is 0 Å². The molecule has 2 rings (SSSR count). The van der Waals surface area contributed by atoms with Gasteiger partial charge in [-0.1, -0.05) is 43.5 Å². The van der Waals surface area contributed by atoms with Gasteiger partial charge in [0, 0.05) is 5.02 Å². The van der Waals surface area contributed by atoms with E-state index in [1.165, 1.54) is 63.5 Å². The fraction of sp³-hybridized carbons (Fsp3) is 0.667. The summed E-state index contributed by atoms with van der Waals surface area (Å²) in [4.78, 5) is 0. The highest BCUT2D eigenvalue weighted by molar-refractivity contribution is 6.30. The van der Waals surface area contributed by atoms with Crippen molar-refractivity contribution in [2.45, 2.75) is 58.3 Å². The Bertz CT molecular complexity index is 379. The lowest BCUT2D eigenvalue weighted by atomic mass is 9.77. The maximum atomic E-state index is 5.96. The Morgan fingerprint density at radius 3 is 2.40 bits per heavy atom. The molecule has 0 amide bonds. The lowest BCUT2D eigenvalue weighted by molar-refractivity contribution is 0.245. The zero-order valence-corrected chi connectivity index (χ0v) is 13.5. The van der Waals surface area contributed by atoms with Gasteiger partial charge in [0.05, 0.1) is 0 Å². The highest BCUT2D eigenvalue weighted by Gasteiger charge is 2.32. The summed E-state index contributed by atoms with van der Waals surface area (Å²) in [5.41, 5.74) is 2.03. The summed E-state index contributed by atoms with van der Waals surface area (Å²) >= 11 is 5.96. The van der Waals surface area contributed by atoms with Crippen molar-refractivity contribution in [2.24, 2.45) is 5.41 Å². The number of halogens is 1. The summed E-state index contributed by atoms with van der Waals surface area (Å²) in [6.45, 7) is 4.58. The number of rotatable bonds is 8. The molecule has 1 saturated carbocycles. The third-order valence-corrected chi connectivity index (χ3v) is 5.03. The zero-order valence-electron chi connectivity index (χ0n) is 12.8. The largest absolute Gasteiger partial charge is 0.317 e. The molecule has 112 valence electrons. The van der Waals surface area contributed by atoms with Crippen molar-refractivity contribution < 1.29 is 0 Å². The van der Waals surface area contributed by atoms with Gasteiger partial charge < -0.3 is 5.32 Å². The van der Waals surface area contributed by atoms with Crippen molar-refractivity contribution in [2.75, 3.05) is 13.1 Å². The van der Waals surface area contributed by atoms with E-state index in [4.69, 9.17) is 11.6 Å². The van der Waals surface area contributed by atoms with E-state index < -0.39 is 0 Å². The second-order valence-electron chi connectivity index (χ2n) is 6.33. The van der Waals surface area contributed by atoms with Crippen LogP contribution in [0.4, 0.5) is 0 Å². The molecule has 1 aliphatic rings. The highest BCUT2D eigenvalue weighted by Crippen LogP contribution is 2.44. The number of hydrogen-bond donors (Lipinski definition) is 1. The summed E-state index contributed by atoms with van der Waals surface area (Å²) in [5.74, 6) is 0. The first-order valence-corrected chi connectivity index (χ1v) is 8.57. The molecule has 1 aromatic rings. The van der Waals surface area contributed by atoms with Crippen molar-refractivity contribution in [3.8, 4) is 0 Å². The summed E-state index contributed by atoms with van der Waals surface area (Å²) in [6.07, 6.45) is 10.8. The van der Waals surface area contributed by atoms with E-state index in [1.807, 2.05) is 12.1 Å². The minimum atomic E-state index is 0.598. The monoisotopic (exact) mass is 293 g/mol. The van der Waals surface area contributed by atoms with Gasteiger partial charge in [0.2, 0.25) is 0 Å². The molecule has 1 fully saturated rings. The molecule has 0 bridgehead atoms. The van der Waals surface area contributed by atoms with Crippen LogP contribution in [0.3, 0.4) is 0 Å². The minimum absolute atomic E-state index is 0.598. The van der Waals surface area contributed by atoms with Gasteiger partial charge in [-0.05, 0) is 74.7 Å². The molecular weight excluding hydrogens is 266 g/mol. The Balaban J connectivity index is 1.83. The molecule has 1 aliphatic carbocycles. The molecular formula is C18H28ClN. The molecule has 0 spiro atoms. The highest BCUT2D eigenvalue weighted by atomic mass is 35.5. The van der Waals surface area contributed by atoms with Crippen LogP contribution in [0, 0.1) is 5.41 Å². The molecule has 0 aromatic heterocycles. The van der Waals surface area contributed by atoms with Crippen LogP contribution in [-0.2, 0) is 6.42 Å². The number of benzene rings is 1. The van der Waals surface area contributed by atoms with Crippen LogP contribution in [0.15, 0.2) is 24.3 Å². The van der Waals surface area contributed by atoms with E-state index in [0.717, 1.165) is 11.6 Å². The topological polar surface area (TPSA) is 12.0 Å². The van der Waals surface area contributed by atoms with Crippen LogP contribution in [0.1, 0.15) is 57.4 Å². The van der Waals surface area contributed by atoms with Crippen molar-refractivity contribution in [1.82, 2.24) is 5.32 Å². The van der Waals surface area contributed by atoms with Gasteiger partial charge in [0.1, 0.15) is 0 Å². The first-order chi connectivity index (χ1) is 9.74. The van der Waals surface area contributed by atoms with Crippen LogP contribution < -0.4 is 5.32 Å². The fourth-order valence-electron chi connectivity index (χ4n) is 3.47. The summed E-state index contributed by atoms with van der Waals surface area (Å²) in [7, 11) is 0. The van der Waals surface area contributed by atoms with Crippen LogP contribution in [-0.4, -0.2) is 13.1 Å². The van der Waals surface area contributed by atoms with Gasteiger partial charge in [-0.3, -0.25) is 0 Å². The van der Waals surface area contributed by atoms with E-state index in [1.54, 1.807) is 0 Å². The number of aryl methyl sites for hydroxylation is 1. The van der Waals surface area contributed by atoms with E-state index in [0.29, 0.717) is 5.41 Å². The van der Waals surface area contributed by atoms with Crippen LogP contribution in [0.5, 0.6) is 0 Å². The fourth-order valence-corrected chi connectivity index (χ4v) is 3.59. The van der Waals surface area contributed by atoms with E-state index in [9.17, 15) is 0 Å². The molecule has 1 N–H and O–H groups in total. The van der Waals surface area contributed by atoms with Gasteiger partial charge in [0.15, 0.2) is 0 Å². The molecule has 0 atom stereocenters. The SMILES string of the molecule is CCCNCCC1(CCc2ccc(Cl)cc2)CCCC1. The average Bonchev–Trinajstić information content (AvgIpc) is 2.93. The maximum Gasteiger partial charge on any atom is 0.0406 e. The molecule has 0 unspecified atom stereocenters. The number of nitrogens with one attached hydrogen (secondary N) is 1. The first-order valence-electron chi connectivity index (χ1n) is 8.19. The third kappa shape index (κ3) is 4.79. The summed E-state index contributed by atoms with van der Waals surface area (Å²) < 4.78 is 0. The maximum absolute atomic E-state index is 5.96. The molecule has 0 saturated heterocycles. The van der Waals surface area contributed by atoms with Gasteiger partial charge in [-0.25, -0.2) is 0 Å². The van der Waals surface area contributed by atoms with Crippen molar-refractivity contribution in [3.05, 3.63) is 34.9 Å². The minimum Gasteiger partial charge on any atom is -0.317 e. The molecule has 0 radical (unpaired) electrons. The van der Waals surface area contributed by atoms with Gasteiger partial charge >= 0.3 is 0 Å². The first kappa shape index (κ1) is 15.9. The molecule has 1 aromatic carbocycles. The molecule has 20 heavy (non-hydrogen) atoms. The summed E-state index contributed by atoms with van der Waals surface area (Å²) in [6, 6.07) is 8.39. The Morgan fingerprint density at radius 2 is 1.75 bits per heavy atom. The van der Waals surface area contributed by atoms with Crippen molar-refractivity contribution in [1.29, 1.82) is 0 Å². The average molecular weight is 294 g/mol. The Kier molecular flexibility index (Phi) is 6.38. The quantitative estimate of drug-likeness (QED) is 0.648. The van der Waals surface area contributed by atoms with E-state index in [2.05, 4.69) is 24.4 Å². The Hall–Kier alpha value is -0.530. The molecule has 0 aliphatic heterocycles. The Morgan fingerprint density at radius 1 is 1.05 bits per heavy atom.